The van der Waals surface area contributed by atoms with E-state index in [2.05, 4.69) is 15.1 Å². The number of hydrogen-bond donors (Lipinski definition) is 0. The molecule has 4 heterocycles. The molecule has 1 aromatic carbocycles. The number of carbonyl (C=O) groups is 1. The summed E-state index contributed by atoms with van der Waals surface area (Å²) in [5, 5.41) is 5.38. The summed E-state index contributed by atoms with van der Waals surface area (Å²) >= 11 is 0. The van der Waals surface area contributed by atoms with Gasteiger partial charge in [-0.05, 0) is 49.1 Å². The summed E-state index contributed by atoms with van der Waals surface area (Å²) < 4.78 is 7.59. The summed E-state index contributed by atoms with van der Waals surface area (Å²) in [4.78, 5) is 23.3. The van der Waals surface area contributed by atoms with Gasteiger partial charge >= 0.3 is 0 Å². The second kappa shape index (κ2) is 7.50. The van der Waals surface area contributed by atoms with Crippen molar-refractivity contribution in [1.29, 1.82) is 0 Å². The quantitative estimate of drug-likeness (QED) is 0.538. The number of aromatic nitrogens is 4. The summed E-state index contributed by atoms with van der Waals surface area (Å²) in [6.45, 7) is 2.09. The smallest absolute Gasteiger partial charge is 0.253 e. The van der Waals surface area contributed by atoms with Crippen molar-refractivity contribution >= 4 is 22.5 Å². The fraction of sp³-hybridized carbons (Fsp3) is 0.273. The number of amides is 1. The zero-order valence-electron chi connectivity index (χ0n) is 15.9. The first kappa shape index (κ1) is 17.6. The van der Waals surface area contributed by atoms with Gasteiger partial charge in [0.1, 0.15) is 0 Å². The van der Waals surface area contributed by atoms with E-state index < -0.39 is 0 Å². The molecule has 0 radical (unpaired) electrons. The van der Waals surface area contributed by atoms with Crippen molar-refractivity contribution in [2.75, 3.05) is 19.7 Å². The minimum atomic E-state index is 0.0855. The maximum Gasteiger partial charge on any atom is 0.253 e. The minimum absolute atomic E-state index is 0.0855. The van der Waals surface area contributed by atoms with Crippen LogP contribution >= 0.6 is 0 Å². The molecule has 7 heteroatoms. The van der Waals surface area contributed by atoms with Crippen LogP contribution in [-0.4, -0.2) is 50.1 Å². The molecule has 3 aromatic heterocycles. The lowest BCUT2D eigenvalue weighted by molar-refractivity contribution is 0.0659. The number of imidazole rings is 1. The van der Waals surface area contributed by atoms with Crippen molar-refractivity contribution in [2.45, 2.75) is 12.8 Å². The van der Waals surface area contributed by atoms with E-state index in [4.69, 9.17) is 4.74 Å². The van der Waals surface area contributed by atoms with Crippen LogP contribution in [0.2, 0.25) is 0 Å². The molecule has 4 aromatic rings. The molecular formula is C22H21N5O2. The van der Waals surface area contributed by atoms with E-state index in [-0.39, 0.29) is 5.91 Å². The average Bonchev–Trinajstić information content (AvgIpc) is 3.25. The van der Waals surface area contributed by atoms with E-state index >= 15 is 0 Å². The summed E-state index contributed by atoms with van der Waals surface area (Å²) in [5.74, 6) is 1.10. The van der Waals surface area contributed by atoms with Crippen molar-refractivity contribution < 1.29 is 9.53 Å². The third kappa shape index (κ3) is 3.63. The lowest BCUT2D eigenvalue weighted by Crippen LogP contribution is -2.39. The summed E-state index contributed by atoms with van der Waals surface area (Å²) in [5.41, 5.74) is 2.43. The van der Waals surface area contributed by atoms with Gasteiger partial charge < -0.3 is 9.64 Å². The molecule has 0 unspecified atom stereocenters. The topological polar surface area (TPSA) is 72.6 Å². The molecule has 0 bridgehead atoms. The Labute approximate surface area is 167 Å². The molecule has 1 aliphatic heterocycles. The minimum Gasteiger partial charge on any atom is -0.476 e. The number of carbonyl (C=O) groups excluding carboxylic acids is 1. The first-order valence-electron chi connectivity index (χ1n) is 9.83. The number of hydrogen-bond acceptors (Lipinski definition) is 5. The molecule has 29 heavy (non-hydrogen) atoms. The average molecular weight is 387 g/mol. The fourth-order valence-corrected chi connectivity index (χ4v) is 3.77. The molecule has 5 rings (SSSR count). The van der Waals surface area contributed by atoms with E-state index in [0.29, 0.717) is 18.4 Å². The molecule has 146 valence electrons. The van der Waals surface area contributed by atoms with E-state index in [9.17, 15) is 4.79 Å². The van der Waals surface area contributed by atoms with Crippen LogP contribution in [0.25, 0.3) is 16.6 Å². The molecule has 1 aliphatic rings. The second-order valence-corrected chi connectivity index (χ2v) is 7.36. The van der Waals surface area contributed by atoms with E-state index in [1.165, 1.54) is 0 Å². The number of nitrogens with zero attached hydrogens (tertiary/aromatic N) is 5. The monoisotopic (exact) mass is 387 g/mol. The van der Waals surface area contributed by atoms with E-state index in [1.54, 1.807) is 23.1 Å². The van der Waals surface area contributed by atoms with Gasteiger partial charge in [-0.2, -0.15) is 0 Å². The highest BCUT2D eigenvalue weighted by Gasteiger charge is 2.24. The Morgan fingerprint density at radius 1 is 1.07 bits per heavy atom. The molecule has 0 aliphatic carbocycles. The van der Waals surface area contributed by atoms with Crippen LogP contribution in [0.5, 0.6) is 5.88 Å². The Balaban J connectivity index is 1.17. The first-order chi connectivity index (χ1) is 14.3. The maximum atomic E-state index is 12.9. The predicted molar refractivity (Wildman–Crippen MR) is 109 cm³/mol. The molecule has 1 amide bonds. The van der Waals surface area contributed by atoms with Gasteiger partial charge in [0, 0.05) is 48.7 Å². The highest BCUT2D eigenvalue weighted by atomic mass is 16.5. The van der Waals surface area contributed by atoms with Crippen molar-refractivity contribution in [3.05, 3.63) is 66.6 Å². The van der Waals surface area contributed by atoms with Crippen molar-refractivity contribution in [3.8, 4) is 5.88 Å². The summed E-state index contributed by atoms with van der Waals surface area (Å²) in [6.07, 6.45) is 7.13. The number of fused-ring (bicyclic) bond motifs is 2. The largest absolute Gasteiger partial charge is 0.476 e. The van der Waals surface area contributed by atoms with Crippen LogP contribution < -0.4 is 4.74 Å². The third-order valence-corrected chi connectivity index (χ3v) is 5.45. The van der Waals surface area contributed by atoms with E-state index in [0.717, 1.165) is 48.0 Å². The standard InChI is InChI=1S/C22H21N5O2/c28-22(18-3-4-19-17(14-18)2-1-9-23-19)26-11-7-16(8-12-26)15-29-21-6-5-20-24-10-13-27(20)25-21/h1-6,9-10,13-14,16H,7-8,11-12,15H2. The molecule has 0 atom stereocenters. The Hall–Kier alpha value is -3.48. The van der Waals surface area contributed by atoms with Gasteiger partial charge in [0.25, 0.3) is 5.91 Å². The van der Waals surface area contributed by atoms with Crippen LogP contribution in [0, 0.1) is 5.92 Å². The zero-order chi connectivity index (χ0) is 19.6. The van der Waals surface area contributed by atoms with Crippen LogP contribution in [0.1, 0.15) is 23.2 Å². The van der Waals surface area contributed by atoms with E-state index in [1.807, 2.05) is 47.4 Å². The zero-order valence-corrected chi connectivity index (χ0v) is 15.9. The van der Waals surface area contributed by atoms with Gasteiger partial charge in [0.15, 0.2) is 5.65 Å². The van der Waals surface area contributed by atoms with Crippen LogP contribution in [0.15, 0.2) is 61.1 Å². The number of pyridine rings is 1. The van der Waals surface area contributed by atoms with Gasteiger partial charge in [-0.1, -0.05) is 6.07 Å². The molecular weight excluding hydrogens is 366 g/mol. The SMILES string of the molecule is O=C(c1ccc2ncccc2c1)N1CCC(COc2ccc3nccn3n2)CC1. The summed E-state index contributed by atoms with van der Waals surface area (Å²) in [7, 11) is 0. The van der Waals surface area contributed by atoms with Gasteiger partial charge in [0.05, 0.1) is 12.1 Å². The lowest BCUT2D eigenvalue weighted by Gasteiger charge is -2.32. The number of ether oxygens (including phenoxy) is 1. The Bertz CT molecular complexity index is 1160. The van der Waals surface area contributed by atoms with Gasteiger partial charge in [-0.25, -0.2) is 9.50 Å². The Morgan fingerprint density at radius 2 is 1.97 bits per heavy atom. The fourth-order valence-electron chi connectivity index (χ4n) is 3.77. The van der Waals surface area contributed by atoms with Crippen molar-refractivity contribution in [1.82, 2.24) is 24.5 Å². The molecule has 0 N–H and O–H groups in total. The Kier molecular flexibility index (Phi) is 4.56. The lowest BCUT2D eigenvalue weighted by atomic mass is 9.97. The molecule has 1 fully saturated rings. The Morgan fingerprint density at radius 3 is 2.86 bits per heavy atom. The molecule has 0 saturated carbocycles. The first-order valence-corrected chi connectivity index (χ1v) is 9.83. The third-order valence-electron chi connectivity index (χ3n) is 5.45. The molecule has 7 nitrogen and oxygen atoms in total. The number of rotatable bonds is 4. The molecule has 0 spiro atoms. The van der Waals surface area contributed by atoms with Crippen LogP contribution in [0.4, 0.5) is 0 Å². The normalized spacial score (nSPS) is 15.1. The van der Waals surface area contributed by atoms with Crippen LogP contribution in [0.3, 0.4) is 0 Å². The van der Waals surface area contributed by atoms with Gasteiger partial charge in [-0.15, -0.1) is 5.10 Å². The highest BCUT2D eigenvalue weighted by molar-refractivity contribution is 5.97. The van der Waals surface area contributed by atoms with Gasteiger partial charge in [0.2, 0.25) is 5.88 Å². The maximum absolute atomic E-state index is 12.9. The molecule has 1 saturated heterocycles. The highest BCUT2D eigenvalue weighted by Crippen LogP contribution is 2.22. The summed E-state index contributed by atoms with van der Waals surface area (Å²) in [6, 6.07) is 13.3. The number of likely N-dealkylation sites (tertiary alicyclic amines) is 1. The van der Waals surface area contributed by atoms with Crippen molar-refractivity contribution in [3.63, 3.8) is 0 Å². The van der Waals surface area contributed by atoms with Crippen LogP contribution in [-0.2, 0) is 0 Å². The second-order valence-electron chi connectivity index (χ2n) is 7.36. The van der Waals surface area contributed by atoms with Crippen molar-refractivity contribution in [2.24, 2.45) is 5.92 Å². The predicted octanol–water partition coefficient (Wildman–Crippen LogP) is 3.21. The number of benzene rings is 1. The van der Waals surface area contributed by atoms with Gasteiger partial charge in [-0.3, -0.25) is 9.78 Å². The number of piperidine rings is 1.